The highest BCUT2D eigenvalue weighted by molar-refractivity contribution is 7.15. The molecule has 1 saturated heterocycles. The molecular weight excluding hydrogens is 256 g/mol. The van der Waals surface area contributed by atoms with Gasteiger partial charge in [-0.2, -0.15) is 0 Å². The molecule has 17 heavy (non-hydrogen) atoms. The standard InChI is InChI=1S/C11H19ClN4S/c1-15-4-6-16(7-5-15)3-2-13-9-11-14-8-10(12)17-11/h8,13H,2-7,9H2,1H3. The van der Waals surface area contributed by atoms with Crippen LogP contribution >= 0.6 is 22.9 Å². The second-order valence-electron chi connectivity index (χ2n) is 4.38. The maximum Gasteiger partial charge on any atom is 0.113 e. The van der Waals surface area contributed by atoms with Crippen molar-refractivity contribution in [2.45, 2.75) is 6.54 Å². The minimum Gasteiger partial charge on any atom is -0.309 e. The molecule has 0 bridgehead atoms. The van der Waals surface area contributed by atoms with Crippen LogP contribution in [0.4, 0.5) is 0 Å². The lowest BCUT2D eigenvalue weighted by Crippen LogP contribution is -2.46. The number of hydrogen-bond donors (Lipinski definition) is 1. The summed E-state index contributed by atoms with van der Waals surface area (Å²) in [4.78, 5) is 9.09. The minimum absolute atomic E-state index is 0.765. The van der Waals surface area contributed by atoms with Crippen LogP contribution < -0.4 is 5.32 Å². The van der Waals surface area contributed by atoms with Crippen LogP contribution in [0.1, 0.15) is 5.01 Å². The van der Waals surface area contributed by atoms with Crippen molar-refractivity contribution >= 4 is 22.9 Å². The van der Waals surface area contributed by atoms with Crippen molar-refractivity contribution in [2.24, 2.45) is 0 Å². The Kier molecular flexibility index (Phi) is 5.18. The molecule has 4 nitrogen and oxygen atoms in total. The summed E-state index contributed by atoms with van der Waals surface area (Å²) in [6.45, 7) is 7.69. The van der Waals surface area contributed by atoms with Crippen molar-refractivity contribution < 1.29 is 0 Å². The van der Waals surface area contributed by atoms with E-state index in [0.29, 0.717) is 0 Å². The van der Waals surface area contributed by atoms with Crippen LogP contribution in [0.15, 0.2) is 6.20 Å². The summed E-state index contributed by atoms with van der Waals surface area (Å²) in [5.74, 6) is 0. The van der Waals surface area contributed by atoms with Gasteiger partial charge in [0.15, 0.2) is 0 Å². The van der Waals surface area contributed by atoms with Gasteiger partial charge in [0, 0.05) is 45.8 Å². The van der Waals surface area contributed by atoms with E-state index in [2.05, 4.69) is 27.1 Å². The molecule has 6 heteroatoms. The van der Waals surface area contributed by atoms with Gasteiger partial charge in [0.2, 0.25) is 0 Å². The molecule has 1 aromatic heterocycles. The highest BCUT2D eigenvalue weighted by atomic mass is 35.5. The quantitative estimate of drug-likeness (QED) is 0.816. The summed E-state index contributed by atoms with van der Waals surface area (Å²) in [6.07, 6.45) is 1.71. The van der Waals surface area contributed by atoms with Crippen molar-refractivity contribution in [2.75, 3.05) is 46.3 Å². The number of hydrogen-bond acceptors (Lipinski definition) is 5. The molecule has 0 amide bonds. The van der Waals surface area contributed by atoms with E-state index in [-0.39, 0.29) is 0 Å². The normalized spacial score (nSPS) is 18.7. The maximum absolute atomic E-state index is 5.82. The van der Waals surface area contributed by atoms with E-state index in [1.807, 2.05) is 0 Å². The van der Waals surface area contributed by atoms with Gasteiger partial charge in [0.25, 0.3) is 0 Å². The number of aromatic nitrogens is 1. The highest BCUT2D eigenvalue weighted by Gasteiger charge is 2.12. The van der Waals surface area contributed by atoms with Crippen LogP contribution in [-0.2, 0) is 6.54 Å². The number of nitrogens with one attached hydrogen (secondary N) is 1. The molecule has 1 aromatic rings. The summed E-state index contributed by atoms with van der Waals surface area (Å²) in [5, 5.41) is 4.47. The Morgan fingerprint density at radius 3 is 2.82 bits per heavy atom. The summed E-state index contributed by atoms with van der Waals surface area (Å²) in [5.41, 5.74) is 0. The van der Waals surface area contributed by atoms with Gasteiger partial charge >= 0.3 is 0 Å². The first-order valence-electron chi connectivity index (χ1n) is 5.96. The van der Waals surface area contributed by atoms with Gasteiger partial charge in [-0.25, -0.2) is 4.98 Å². The van der Waals surface area contributed by atoms with E-state index in [4.69, 9.17) is 11.6 Å². The third-order valence-electron chi connectivity index (χ3n) is 3.00. The zero-order valence-corrected chi connectivity index (χ0v) is 11.7. The summed E-state index contributed by atoms with van der Waals surface area (Å²) >= 11 is 7.37. The smallest absolute Gasteiger partial charge is 0.113 e. The molecule has 2 heterocycles. The molecule has 0 spiro atoms. The minimum atomic E-state index is 0.765. The molecule has 1 fully saturated rings. The van der Waals surface area contributed by atoms with Crippen molar-refractivity contribution in [3.8, 4) is 0 Å². The van der Waals surface area contributed by atoms with Gasteiger partial charge in [-0.1, -0.05) is 11.6 Å². The lowest BCUT2D eigenvalue weighted by Gasteiger charge is -2.32. The fraction of sp³-hybridized carbons (Fsp3) is 0.727. The van der Waals surface area contributed by atoms with Crippen LogP contribution in [0.25, 0.3) is 0 Å². The first kappa shape index (κ1) is 13.2. The summed E-state index contributed by atoms with van der Waals surface area (Å²) in [6, 6.07) is 0. The molecule has 0 saturated carbocycles. The van der Waals surface area contributed by atoms with Crippen LogP contribution in [0.2, 0.25) is 4.34 Å². The van der Waals surface area contributed by atoms with E-state index >= 15 is 0 Å². The van der Waals surface area contributed by atoms with Gasteiger partial charge in [-0.05, 0) is 7.05 Å². The zero-order chi connectivity index (χ0) is 12.1. The first-order chi connectivity index (χ1) is 8.24. The van der Waals surface area contributed by atoms with E-state index in [9.17, 15) is 0 Å². The molecule has 0 aromatic carbocycles. The number of nitrogens with zero attached hydrogens (tertiary/aromatic N) is 3. The molecular formula is C11H19ClN4S. The van der Waals surface area contributed by atoms with Gasteiger partial charge < -0.3 is 10.2 Å². The van der Waals surface area contributed by atoms with Crippen molar-refractivity contribution in [1.29, 1.82) is 0 Å². The van der Waals surface area contributed by atoms with Crippen molar-refractivity contribution in [3.63, 3.8) is 0 Å². The summed E-state index contributed by atoms with van der Waals surface area (Å²) in [7, 11) is 2.18. The van der Waals surface area contributed by atoms with E-state index < -0.39 is 0 Å². The zero-order valence-electron chi connectivity index (χ0n) is 10.2. The van der Waals surface area contributed by atoms with Gasteiger partial charge in [-0.3, -0.25) is 4.90 Å². The highest BCUT2D eigenvalue weighted by Crippen LogP contribution is 2.17. The summed E-state index contributed by atoms with van der Waals surface area (Å²) < 4.78 is 0.765. The maximum atomic E-state index is 5.82. The molecule has 0 atom stereocenters. The van der Waals surface area contributed by atoms with Crippen molar-refractivity contribution in [3.05, 3.63) is 15.5 Å². The van der Waals surface area contributed by atoms with Crippen molar-refractivity contribution in [1.82, 2.24) is 20.1 Å². The second-order valence-corrected chi connectivity index (χ2v) is 6.13. The van der Waals surface area contributed by atoms with Crippen LogP contribution in [0.3, 0.4) is 0 Å². The molecule has 1 aliphatic heterocycles. The number of piperazine rings is 1. The molecule has 0 radical (unpaired) electrons. The Morgan fingerprint density at radius 2 is 2.18 bits per heavy atom. The fourth-order valence-electron chi connectivity index (χ4n) is 1.87. The fourth-order valence-corrected chi connectivity index (χ4v) is 2.80. The SMILES string of the molecule is CN1CCN(CCNCc2ncc(Cl)s2)CC1. The molecule has 2 rings (SSSR count). The molecule has 0 unspecified atom stereocenters. The lowest BCUT2D eigenvalue weighted by molar-refractivity contribution is 0.154. The number of thiazole rings is 1. The first-order valence-corrected chi connectivity index (χ1v) is 7.15. The van der Waals surface area contributed by atoms with Crippen LogP contribution in [0, 0.1) is 0 Å². The Bertz CT molecular complexity index is 336. The average molecular weight is 275 g/mol. The Morgan fingerprint density at radius 1 is 1.41 bits per heavy atom. The van der Waals surface area contributed by atoms with Crippen LogP contribution in [0.5, 0.6) is 0 Å². The molecule has 1 N–H and O–H groups in total. The number of likely N-dealkylation sites (N-methyl/N-ethyl adjacent to an activating group) is 1. The van der Waals surface area contributed by atoms with E-state index in [1.165, 1.54) is 26.2 Å². The van der Waals surface area contributed by atoms with E-state index in [1.54, 1.807) is 17.5 Å². The van der Waals surface area contributed by atoms with E-state index in [0.717, 1.165) is 29.0 Å². The van der Waals surface area contributed by atoms with Gasteiger partial charge in [0.1, 0.15) is 9.34 Å². The topological polar surface area (TPSA) is 31.4 Å². The van der Waals surface area contributed by atoms with Gasteiger partial charge in [-0.15, -0.1) is 11.3 Å². The third kappa shape index (κ3) is 4.52. The Balaban J connectivity index is 1.57. The Labute approximate surface area is 112 Å². The van der Waals surface area contributed by atoms with Gasteiger partial charge in [0.05, 0.1) is 6.20 Å². The average Bonchev–Trinajstić information content (AvgIpc) is 2.73. The number of halogens is 1. The molecule has 0 aliphatic carbocycles. The predicted octanol–water partition coefficient (Wildman–Crippen LogP) is 1.13. The monoisotopic (exact) mass is 274 g/mol. The Hall–Kier alpha value is -0.200. The van der Waals surface area contributed by atoms with Crippen LogP contribution in [-0.4, -0.2) is 61.1 Å². The molecule has 1 aliphatic rings. The second kappa shape index (κ2) is 6.66. The largest absolute Gasteiger partial charge is 0.309 e. The molecule has 96 valence electrons. The third-order valence-corrected chi connectivity index (χ3v) is 4.12. The lowest BCUT2D eigenvalue weighted by atomic mass is 10.3. The number of rotatable bonds is 5. The predicted molar refractivity (Wildman–Crippen MR) is 72.8 cm³/mol.